The Morgan fingerprint density at radius 3 is 1.85 bits per heavy atom. The van der Waals surface area contributed by atoms with Crippen LogP contribution in [0.3, 0.4) is 0 Å². The van der Waals surface area contributed by atoms with E-state index in [-0.39, 0.29) is 18.0 Å². The van der Waals surface area contributed by atoms with Gasteiger partial charge in [0.25, 0.3) is 0 Å². The lowest BCUT2D eigenvalue weighted by Crippen LogP contribution is -2.64. The maximum atomic E-state index is 15.0. The monoisotopic (exact) mass is 857 g/mol. The summed E-state index contributed by atoms with van der Waals surface area (Å²) in [5.41, 5.74) is 3.05. The van der Waals surface area contributed by atoms with Gasteiger partial charge in [0, 0.05) is 12.5 Å². The van der Waals surface area contributed by atoms with Crippen molar-refractivity contribution in [2.45, 2.75) is 193 Å². The molecule has 2 saturated carbocycles. The molecule has 0 aromatic heterocycles. The number of hydrogen-bond acceptors (Lipinski definition) is 9. The Morgan fingerprint density at radius 1 is 0.767 bits per heavy atom. The molecule has 0 radical (unpaired) electrons. The number of carbonyl (C=O) groups is 5. The van der Waals surface area contributed by atoms with Gasteiger partial charge in [-0.25, -0.2) is 0 Å². The molecule has 336 valence electrons. The van der Waals surface area contributed by atoms with Crippen LogP contribution in [0.2, 0.25) is 0 Å². The minimum absolute atomic E-state index is 0.0206. The van der Waals surface area contributed by atoms with E-state index in [9.17, 15) is 28.5 Å². The summed E-state index contributed by atoms with van der Waals surface area (Å²) in [5.74, 6) is -4.52. The Morgan fingerprint density at radius 2 is 1.32 bits per heavy atom. The first-order valence-corrected chi connectivity index (χ1v) is 23.7. The van der Waals surface area contributed by atoms with Crippen molar-refractivity contribution in [2.75, 3.05) is 6.54 Å². The summed E-state index contributed by atoms with van der Waals surface area (Å²) in [4.78, 5) is 69.3. The van der Waals surface area contributed by atoms with Gasteiger partial charge in [0.05, 0.1) is 36.1 Å². The van der Waals surface area contributed by atoms with Crippen LogP contribution in [0, 0.1) is 11.3 Å². The molecule has 5 N–H and O–H groups in total. The van der Waals surface area contributed by atoms with Gasteiger partial charge in [0.2, 0.25) is 23.6 Å². The average Bonchev–Trinajstić information content (AvgIpc) is 3.35. The molecule has 3 aliphatic rings. The van der Waals surface area contributed by atoms with Gasteiger partial charge in [0.15, 0.2) is 0 Å². The Bertz CT molecular complexity index is 1720. The molecule has 1 aliphatic heterocycles. The fourth-order valence-electron chi connectivity index (χ4n) is 8.80. The highest BCUT2D eigenvalue weighted by molar-refractivity contribution is 7.53. The summed E-state index contributed by atoms with van der Waals surface area (Å²) in [6, 6.07) is 6.24. The van der Waals surface area contributed by atoms with Gasteiger partial charge in [-0.05, 0) is 111 Å². The summed E-state index contributed by atoms with van der Waals surface area (Å²) >= 11 is 0. The smallest absolute Gasteiger partial charge is 0.336 e. The molecule has 13 nitrogen and oxygen atoms in total. The average molecular weight is 857 g/mol. The van der Waals surface area contributed by atoms with E-state index in [0.29, 0.717) is 44.2 Å². The lowest BCUT2D eigenvalue weighted by Gasteiger charge is -2.39. The number of allylic oxidation sites excluding steroid dienone is 2. The third-order valence-electron chi connectivity index (χ3n) is 11.4. The van der Waals surface area contributed by atoms with Gasteiger partial charge in [-0.1, -0.05) is 81.4 Å². The van der Waals surface area contributed by atoms with Crippen molar-refractivity contribution in [3.05, 3.63) is 47.5 Å². The molecular weight excluding hydrogens is 783 g/mol. The van der Waals surface area contributed by atoms with Crippen molar-refractivity contribution < 1.29 is 42.3 Å². The Labute approximate surface area is 358 Å². The minimum atomic E-state index is -3.63. The van der Waals surface area contributed by atoms with Crippen LogP contribution in [0.25, 0.3) is 0 Å². The van der Waals surface area contributed by atoms with E-state index in [0.717, 1.165) is 50.5 Å². The highest BCUT2D eigenvalue weighted by Crippen LogP contribution is 2.57. The fourth-order valence-corrected chi connectivity index (χ4v) is 11.3. The molecule has 2 aliphatic carbocycles. The summed E-state index contributed by atoms with van der Waals surface area (Å²) in [7, 11) is -3.63. The number of rotatable bonds is 9. The van der Waals surface area contributed by atoms with Gasteiger partial charge < -0.3 is 35.5 Å². The molecule has 4 amide bonds. The zero-order valence-electron chi connectivity index (χ0n) is 37.7. The predicted molar refractivity (Wildman–Crippen MR) is 233 cm³/mol. The molecule has 2 fully saturated rings. The van der Waals surface area contributed by atoms with E-state index >= 15 is 0 Å². The SMILES string of the molecule is CC(C)(C)OC(=O)C[C@@H]1C(=O)NC2(CCCCC2)C(=O)N[C@@H](CC(N)=O)C(=O)NCC2(C/C=C/[C@@H]1c1ccc(CP(=O)(OC(C)(C)C)OC(C)(C)C)cc1)CCCCCC2. The summed E-state index contributed by atoms with van der Waals surface area (Å²) in [5, 5.41) is 9.00. The van der Waals surface area contributed by atoms with Crippen LogP contribution < -0.4 is 21.7 Å². The molecule has 3 atom stereocenters. The normalized spacial score (nSPS) is 24.2. The van der Waals surface area contributed by atoms with Gasteiger partial charge in [0.1, 0.15) is 17.2 Å². The molecule has 2 spiro atoms. The molecule has 0 bridgehead atoms. The molecule has 1 aromatic carbocycles. The topological polar surface area (TPSA) is 192 Å². The van der Waals surface area contributed by atoms with Crippen molar-refractivity contribution in [1.29, 1.82) is 0 Å². The molecule has 14 heteroatoms. The Kier molecular flexibility index (Phi) is 16.5. The third-order valence-corrected chi connectivity index (χ3v) is 13.8. The largest absolute Gasteiger partial charge is 0.460 e. The molecule has 1 aromatic rings. The van der Waals surface area contributed by atoms with E-state index in [1.54, 1.807) is 20.8 Å². The second kappa shape index (κ2) is 20.1. The van der Waals surface area contributed by atoms with E-state index < -0.39 is 83.8 Å². The second-order valence-electron chi connectivity index (χ2n) is 20.4. The van der Waals surface area contributed by atoms with Crippen molar-refractivity contribution in [3.8, 4) is 0 Å². The summed E-state index contributed by atoms with van der Waals surface area (Å²) in [6.07, 6.45) is 12.5. The Hall–Kier alpha value is -3.54. The highest BCUT2D eigenvalue weighted by Gasteiger charge is 2.45. The van der Waals surface area contributed by atoms with Gasteiger partial charge in [-0.2, -0.15) is 0 Å². The first kappa shape index (κ1) is 49.1. The second-order valence-corrected chi connectivity index (χ2v) is 22.3. The van der Waals surface area contributed by atoms with Gasteiger partial charge in [-0.3, -0.25) is 28.5 Å². The molecule has 0 unspecified atom stereocenters. The Balaban J connectivity index is 1.86. The van der Waals surface area contributed by atoms with Crippen LogP contribution in [0.5, 0.6) is 0 Å². The van der Waals surface area contributed by atoms with Gasteiger partial charge >= 0.3 is 13.6 Å². The lowest BCUT2D eigenvalue weighted by atomic mass is 9.75. The predicted octanol–water partition coefficient (Wildman–Crippen LogP) is 8.04. The summed E-state index contributed by atoms with van der Waals surface area (Å²) < 4.78 is 32.2. The number of carbonyl (C=O) groups excluding carboxylic acids is 5. The number of hydrogen-bond donors (Lipinski definition) is 4. The quantitative estimate of drug-likeness (QED) is 0.108. The van der Waals surface area contributed by atoms with Crippen LogP contribution >= 0.6 is 7.60 Å². The first-order valence-electron chi connectivity index (χ1n) is 22.0. The van der Waals surface area contributed by atoms with Crippen molar-refractivity contribution in [3.63, 3.8) is 0 Å². The van der Waals surface area contributed by atoms with Crippen molar-refractivity contribution >= 4 is 37.2 Å². The van der Waals surface area contributed by atoms with Crippen LogP contribution in [-0.4, -0.2) is 64.5 Å². The lowest BCUT2D eigenvalue weighted by molar-refractivity contribution is -0.157. The number of primary amides is 1. The number of nitrogens with two attached hydrogens (primary N) is 1. The molecular formula is C46H73N4O9P. The maximum Gasteiger partial charge on any atom is 0.336 e. The number of benzene rings is 1. The highest BCUT2D eigenvalue weighted by atomic mass is 31.2. The van der Waals surface area contributed by atoms with Crippen LogP contribution in [0.15, 0.2) is 36.4 Å². The zero-order valence-corrected chi connectivity index (χ0v) is 38.6. The molecule has 4 rings (SSSR count). The summed E-state index contributed by atoms with van der Waals surface area (Å²) in [6.45, 7) is 16.6. The number of ether oxygens (including phenoxy) is 1. The van der Waals surface area contributed by atoms with Crippen LogP contribution in [0.1, 0.15) is 169 Å². The third kappa shape index (κ3) is 15.1. The van der Waals surface area contributed by atoms with Crippen molar-refractivity contribution in [2.24, 2.45) is 17.1 Å². The van der Waals surface area contributed by atoms with E-state index in [1.165, 1.54) is 0 Å². The number of amides is 4. The first-order chi connectivity index (χ1) is 27.8. The van der Waals surface area contributed by atoms with E-state index in [4.69, 9.17) is 19.5 Å². The fraction of sp³-hybridized carbons (Fsp3) is 0.717. The maximum absolute atomic E-state index is 15.0. The van der Waals surface area contributed by atoms with E-state index in [1.807, 2.05) is 71.9 Å². The molecule has 1 heterocycles. The van der Waals surface area contributed by atoms with Crippen LogP contribution in [-0.2, 0) is 48.5 Å². The molecule has 0 saturated heterocycles. The van der Waals surface area contributed by atoms with E-state index in [2.05, 4.69) is 22.0 Å². The van der Waals surface area contributed by atoms with Crippen molar-refractivity contribution in [1.82, 2.24) is 16.0 Å². The minimum Gasteiger partial charge on any atom is -0.460 e. The molecule has 60 heavy (non-hydrogen) atoms. The standard InChI is InChI=1S/C46H73N4O9P/c1-42(2,3)57-38(52)28-35-34(33-21-19-32(20-22-33)30-60(56,58-43(4,5)6)59-44(7,8)9)18-17-25-45(23-13-10-11-14-24-45)31-48-40(54)36(29-37(47)51)49-41(55)46(50-39(35)53)26-15-12-16-27-46/h17-22,34-36H,10-16,23-31H2,1-9H3,(H2,47,51)(H,48,54)(H,49,55)(H,50,53)/b18-17+/t34-,35+,36+/m1/s1. The number of nitrogens with one attached hydrogen (secondary N) is 3. The number of esters is 1. The zero-order chi connectivity index (χ0) is 44.6. The van der Waals surface area contributed by atoms with Gasteiger partial charge in [-0.15, -0.1) is 0 Å². The van der Waals surface area contributed by atoms with Crippen LogP contribution in [0.4, 0.5) is 0 Å².